The van der Waals surface area contributed by atoms with Gasteiger partial charge < -0.3 is 15.8 Å². The Kier molecular flexibility index (Phi) is 2.37. The summed E-state index contributed by atoms with van der Waals surface area (Å²) in [6.07, 6.45) is 1.78. The molecule has 74 valence electrons. The lowest BCUT2D eigenvalue weighted by molar-refractivity contribution is 0.476. The second kappa shape index (κ2) is 3.67. The zero-order valence-corrected chi connectivity index (χ0v) is 7.83. The van der Waals surface area contributed by atoms with E-state index in [0.29, 0.717) is 6.54 Å². The molecule has 1 aromatic heterocycles. The predicted molar refractivity (Wildman–Crippen MR) is 55.1 cm³/mol. The van der Waals surface area contributed by atoms with Crippen LogP contribution in [0.15, 0.2) is 18.2 Å². The Morgan fingerprint density at radius 1 is 1.43 bits per heavy atom. The van der Waals surface area contributed by atoms with Gasteiger partial charge in [-0.2, -0.15) is 0 Å². The number of fused-ring (bicyclic) bond motifs is 1. The van der Waals surface area contributed by atoms with E-state index >= 15 is 0 Å². The quantitative estimate of drug-likeness (QED) is 0.681. The monoisotopic (exact) mass is 191 g/mol. The molecule has 0 unspecified atom stereocenters. The molecule has 14 heavy (non-hydrogen) atoms. The van der Waals surface area contributed by atoms with Gasteiger partial charge in [-0.25, -0.2) is 4.98 Å². The number of aromatic nitrogens is 2. The van der Waals surface area contributed by atoms with Crippen molar-refractivity contribution in [2.24, 2.45) is 5.73 Å². The molecule has 4 N–H and O–H groups in total. The number of aromatic amines is 1. The number of aromatic hydroxyl groups is 1. The highest BCUT2D eigenvalue weighted by atomic mass is 16.3. The molecule has 4 heteroatoms. The Morgan fingerprint density at radius 3 is 3.07 bits per heavy atom. The van der Waals surface area contributed by atoms with E-state index in [9.17, 15) is 5.11 Å². The van der Waals surface area contributed by atoms with Gasteiger partial charge in [0.25, 0.3) is 0 Å². The van der Waals surface area contributed by atoms with Gasteiger partial charge in [-0.3, -0.25) is 0 Å². The molecule has 0 spiro atoms. The maximum atomic E-state index is 9.25. The molecule has 0 amide bonds. The van der Waals surface area contributed by atoms with Crippen LogP contribution in [0, 0.1) is 0 Å². The van der Waals surface area contributed by atoms with E-state index in [1.165, 1.54) is 0 Å². The van der Waals surface area contributed by atoms with Gasteiger partial charge in [0, 0.05) is 12.5 Å². The van der Waals surface area contributed by atoms with Crippen molar-refractivity contribution >= 4 is 11.0 Å². The van der Waals surface area contributed by atoms with Crippen LogP contribution in [0.25, 0.3) is 11.0 Å². The highest BCUT2D eigenvalue weighted by molar-refractivity contribution is 5.76. The molecule has 1 aromatic carbocycles. The molecule has 0 bridgehead atoms. The Labute approximate surface area is 81.8 Å². The van der Waals surface area contributed by atoms with Gasteiger partial charge >= 0.3 is 0 Å². The fraction of sp³-hybridized carbons (Fsp3) is 0.300. The zero-order valence-electron chi connectivity index (χ0n) is 7.83. The summed E-state index contributed by atoms with van der Waals surface area (Å²) < 4.78 is 0. The number of phenols is 1. The summed E-state index contributed by atoms with van der Waals surface area (Å²) in [7, 11) is 0. The van der Waals surface area contributed by atoms with Crippen molar-refractivity contribution in [3.05, 3.63) is 24.0 Å². The minimum Gasteiger partial charge on any atom is -0.508 e. The van der Waals surface area contributed by atoms with Crippen LogP contribution < -0.4 is 5.73 Å². The molecule has 0 fully saturated rings. The van der Waals surface area contributed by atoms with Crippen LogP contribution in [0.5, 0.6) is 5.75 Å². The van der Waals surface area contributed by atoms with E-state index in [4.69, 9.17) is 5.73 Å². The second-order valence-electron chi connectivity index (χ2n) is 3.28. The smallest absolute Gasteiger partial charge is 0.117 e. The van der Waals surface area contributed by atoms with Crippen LogP contribution in [0.1, 0.15) is 12.2 Å². The summed E-state index contributed by atoms with van der Waals surface area (Å²) in [5, 5.41) is 9.25. The van der Waals surface area contributed by atoms with Crippen LogP contribution in [0.3, 0.4) is 0 Å². The maximum absolute atomic E-state index is 9.25. The van der Waals surface area contributed by atoms with Gasteiger partial charge in [0.2, 0.25) is 0 Å². The van der Waals surface area contributed by atoms with Gasteiger partial charge in [-0.1, -0.05) is 0 Å². The van der Waals surface area contributed by atoms with Gasteiger partial charge in [0.1, 0.15) is 11.6 Å². The number of H-pyrrole nitrogens is 1. The third-order valence-electron chi connectivity index (χ3n) is 2.13. The van der Waals surface area contributed by atoms with Crippen molar-refractivity contribution in [2.45, 2.75) is 12.8 Å². The van der Waals surface area contributed by atoms with Gasteiger partial charge in [0.15, 0.2) is 0 Å². The largest absolute Gasteiger partial charge is 0.508 e. The van der Waals surface area contributed by atoms with E-state index in [0.717, 1.165) is 29.7 Å². The highest BCUT2D eigenvalue weighted by Crippen LogP contribution is 2.17. The lowest BCUT2D eigenvalue weighted by Gasteiger charge is -1.91. The van der Waals surface area contributed by atoms with Gasteiger partial charge in [0.05, 0.1) is 11.0 Å². The number of benzene rings is 1. The molecule has 0 aliphatic heterocycles. The number of nitrogens with one attached hydrogen (secondary N) is 1. The maximum Gasteiger partial charge on any atom is 0.117 e. The van der Waals surface area contributed by atoms with Crippen molar-refractivity contribution in [3.8, 4) is 5.75 Å². The fourth-order valence-electron chi connectivity index (χ4n) is 1.44. The highest BCUT2D eigenvalue weighted by Gasteiger charge is 2.02. The molecule has 0 aliphatic carbocycles. The van der Waals surface area contributed by atoms with E-state index in [2.05, 4.69) is 9.97 Å². The number of imidazole rings is 1. The summed E-state index contributed by atoms with van der Waals surface area (Å²) in [6.45, 7) is 0.669. The number of aryl methyl sites for hydroxylation is 1. The van der Waals surface area contributed by atoms with Crippen LogP contribution in [-0.2, 0) is 6.42 Å². The van der Waals surface area contributed by atoms with Gasteiger partial charge in [-0.05, 0) is 25.1 Å². The average Bonchev–Trinajstić information content (AvgIpc) is 2.56. The average molecular weight is 191 g/mol. The number of hydrogen-bond donors (Lipinski definition) is 3. The van der Waals surface area contributed by atoms with Gasteiger partial charge in [-0.15, -0.1) is 0 Å². The first kappa shape index (κ1) is 9.02. The molecule has 0 atom stereocenters. The molecule has 1 heterocycles. The normalized spacial score (nSPS) is 10.9. The minimum atomic E-state index is 0.256. The molecule has 4 nitrogen and oxygen atoms in total. The number of phenolic OH excluding ortho intramolecular Hbond substituents is 1. The summed E-state index contributed by atoms with van der Waals surface area (Å²) in [4.78, 5) is 7.51. The number of hydrogen-bond acceptors (Lipinski definition) is 3. The molecular weight excluding hydrogens is 178 g/mol. The number of nitrogens with zero attached hydrogens (tertiary/aromatic N) is 1. The number of rotatable bonds is 3. The molecule has 2 aromatic rings. The van der Waals surface area contributed by atoms with Crippen molar-refractivity contribution in [2.75, 3.05) is 6.54 Å². The summed E-state index contributed by atoms with van der Waals surface area (Å²) in [5.41, 5.74) is 7.17. The third kappa shape index (κ3) is 1.70. The second-order valence-corrected chi connectivity index (χ2v) is 3.28. The lowest BCUT2D eigenvalue weighted by Crippen LogP contribution is -2.01. The van der Waals surface area contributed by atoms with E-state index < -0.39 is 0 Å². The van der Waals surface area contributed by atoms with Crippen LogP contribution in [0.4, 0.5) is 0 Å². The lowest BCUT2D eigenvalue weighted by atomic mass is 10.3. The first-order chi connectivity index (χ1) is 6.79. The molecular formula is C10H13N3O. The standard InChI is InChI=1S/C10H13N3O/c11-5-1-2-10-12-8-4-3-7(14)6-9(8)13-10/h3-4,6,14H,1-2,5,11H2,(H,12,13). The number of nitrogens with two attached hydrogens (primary N) is 1. The van der Waals surface area contributed by atoms with Crippen molar-refractivity contribution in [1.82, 2.24) is 9.97 Å². The summed E-state index contributed by atoms with van der Waals surface area (Å²) >= 11 is 0. The topological polar surface area (TPSA) is 74.9 Å². The molecule has 0 saturated carbocycles. The Balaban J connectivity index is 2.32. The Morgan fingerprint density at radius 2 is 2.29 bits per heavy atom. The fourth-order valence-corrected chi connectivity index (χ4v) is 1.44. The Hall–Kier alpha value is -1.55. The van der Waals surface area contributed by atoms with Crippen molar-refractivity contribution in [1.29, 1.82) is 0 Å². The van der Waals surface area contributed by atoms with E-state index in [1.54, 1.807) is 18.2 Å². The van der Waals surface area contributed by atoms with Crippen LogP contribution in [0.2, 0.25) is 0 Å². The first-order valence-corrected chi connectivity index (χ1v) is 4.67. The third-order valence-corrected chi connectivity index (χ3v) is 2.13. The summed E-state index contributed by atoms with van der Waals surface area (Å²) in [6, 6.07) is 5.11. The van der Waals surface area contributed by atoms with E-state index in [1.807, 2.05) is 0 Å². The zero-order chi connectivity index (χ0) is 9.97. The minimum absolute atomic E-state index is 0.256. The van der Waals surface area contributed by atoms with Crippen LogP contribution in [-0.4, -0.2) is 21.6 Å². The van der Waals surface area contributed by atoms with Crippen molar-refractivity contribution < 1.29 is 5.11 Å². The summed E-state index contributed by atoms with van der Waals surface area (Å²) in [5.74, 6) is 1.18. The molecule has 0 aliphatic rings. The van der Waals surface area contributed by atoms with E-state index in [-0.39, 0.29) is 5.75 Å². The van der Waals surface area contributed by atoms with Crippen LogP contribution >= 0.6 is 0 Å². The molecule has 0 radical (unpaired) electrons. The molecule has 2 rings (SSSR count). The SMILES string of the molecule is NCCCc1nc2ccc(O)cc2[nH]1. The van der Waals surface area contributed by atoms with Crippen molar-refractivity contribution in [3.63, 3.8) is 0 Å². The Bertz CT molecular complexity index is 436. The molecule has 0 saturated heterocycles. The predicted octanol–water partition coefficient (Wildman–Crippen LogP) is 1.16. The first-order valence-electron chi connectivity index (χ1n) is 4.67.